The lowest BCUT2D eigenvalue weighted by molar-refractivity contribution is -0.0541. The van der Waals surface area contributed by atoms with Crippen molar-refractivity contribution in [2.75, 3.05) is 19.7 Å². The number of ether oxygens (including phenoxy) is 1. The Morgan fingerprint density at radius 1 is 1.53 bits per heavy atom. The normalized spacial score (nSPS) is 29.3. The number of morpholine rings is 1. The highest BCUT2D eigenvalue weighted by molar-refractivity contribution is 9.10. The van der Waals surface area contributed by atoms with Crippen LogP contribution < -0.4 is 0 Å². The molecule has 0 radical (unpaired) electrons. The van der Waals surface area contributed by atoms with Gasteiger partial charge in [0.15, 0.2) is 5.82 Å². The van der Waals surface area contributed by atoms with Gasteiger partial charge in [0, 0.05) is 18.8 Å². The van der Waals surface area contributed by atoms with Crippen LogP contribution in [0, 0.1) is 0 Å². The third-order valence-corrected chi connectivity index (χ3v) is 4.49. The third-order valence-electron chi connectivity index (χ3n) is 3.40. The van der Waals surface area contributed by atoms with Gasteiger partial charge in [0.05, 0.1) is 11.1 Å². The average Bonchev–Trinajstić information content (AvgIpc) is 2.79. The summed E-state index contributed by atoms with van der Waals surface area (Å²) in [4.78, 5) is 11.0. The third kappa shape index (κ3) is 2.34. The minimum Gasteiger partial charge on any atom is -0.367 e. The van der Waals surface area contributed by atoms with E-state index in [1.165, 1.54) is 12.8 Å². The van der Waals surface area contributed by atoms with Crippen molar-refractivity contribution in [2.24, 2.45) is 0 Å². The second-order valence-corrected chi connectivity index (χ2v) is 5.69. The highest BCUT2D eigenvalue weighted by atomic mass is 79.9. The van der Waals surface area contributed by atoms with Gasteiger partial charge in [-0.15, -0.1) is 0 Å². The molecule has 0 aromatic carbocycles. The van der Waals surface area contributed by atoms with E-state index < -0.39 is 0 Å². The Balaban J connectivity index is 1.78. The van der Waals surface area contributed by atoms with Gasteiger partial charge in [-0.25, -0.2) is 9.97 Å². The Morgan fingerprint density at radius 2 is 2.41 bits per heavy atom. The molecule has 2 aliphatic heterocycles. The molecule has 92 valence electrons. The molecule has 4 nitrogen and oxygen atoms in total. The summed E-state index contributed by atoms with van der Waals surface area (Å²) in [5.74, 6) is 0.684. The first-order chi connectivity index (χ1) is 8.24. The summed E-state index contributed by atoms with van der Waals surface area (Å²) in [5, 5.41) is 0.446. The smallest absolute Gasteiger partial charge is 0.160 e. The Kier molecular flexibility index (Phi) is 3.34. The maximum Gasteiger partial charge on any atom is 0.160 e. The summed E-state index contributed by atoms with van der Waals surface area (Å²) in [6.45, 7) is 2.82. The molecule has 3 heterocycles. The Bertz CT molecular complexity index is 431. The lowest BCUT2D eigenvalue weighted by Gasteiger charge is -2.34. The first-order valence-electron chi connectivity index (χ1n) is 5.77. The maximum atomic E-state index is 5.98. The Hall–Kier alpha value is -0.230. The van der Waals surface area contributed by atoms with Crippen LogP contribution >= 0.6 is 27.5 Å². The number of nitrogens with zero attached hydrogens (tertiary/aromatic N) is 3. The van der Waals surface area contributed by atoms with Crippen LogP contribution in [0.1, 0.15) is 24.8 Å². The van der Waals surface area contributed by atoms with Crippen molar-refractivity contribution in [3.05, 3.63) is 21.6 Å². The molecule has 0 N–H and O–H groups in total. The van der Waals surface area contributed by atoms with E-state index in [9.17, 15) is 0 Å². The van der Waals surface area contributed by atoms with E-state index in [2.05, 4.69) is 30.8 Å². The lowest BCUT2D eigenvalue weighted by atomic mass is 10.2. The maximum absolute atomic E-state index is 5.98. The standard InChI is InChI=1S/C11H13BrClN3O/c12-8-4-14-11(15-10(8)13)9-5-16-3-1-2-7(16)6-17-9/h4,7,9H,1-3,5-6H2. The number of aromatic nitrogens is 2. The quantitative estimate of drug-likeness (QED) is 0.746. The van der Waals surface area contributed by atoms with Crippen molar-refractivity contribution in [2.45, 2.75) is 25.0 Å². The van der Waals surface area contributed by atoms with E-state index in [1.54, 1.807) is 6.20 Å². The monoisotopic (exact) mass is 317 g/mol. The van der Waals surface area contributed by atoms with E-state index in [0.717, 1.165) is 24.2 Å². The van der Waals surface area contributed by atoms with Gasteiger partial charge < -0.3 is 4.74 Å². The van der Waals surface area contributed by atoms with Crippen molar-refractivity contribution in [3.8, 4) is 0 Å². The lowest BCUT2D eigenvalue weighted by Crippen LogP contribution is -2.42. The molecule has 0 bridgehead atoms. The molecule has 0 spiro atoms. The molecule has 2 unspecified atom stereocenters. The molecule has 0 saturated carbocycles. The molecule has 1 aromatic rings. The number of hydrogen-bond donors (Lipinski definition) is 0. The van der Waals surface area contributed by atoms with Crippen LogP contribution in [0.15, 0.2) is 10.7 Å². The average molecular weight is 319 g/mol. The van der Waals surface area contributed by atoms with Gasteiger partial charge in [-0.05, 0) is 35.3 Å². The van der Waals surface area contributed by atoms with E-state index in [0.29, 0.717) is 17.0 Å². The van der Waals surface area contributed by atoms with E-state index >= 15 is 0 Å². The summed E-state index contributed by atoms with van der Waals surface area (Å²) in [7, 11) is 0. The summed E-state index contributed by atoms with van der Waals surface area (Å²) >= 11 is 9.27. The van der Waals surface area contributed by atoms with Crippen LogP contribution in [-0.4, -0.2) is 40.6 Å². The van der Waals surface area contributed by atoms with Crippen molar-refractivity contribution >= 4 is 27.5 Å². The fourth-order valence-corrected chi connectivity index (χ4v) is 2.81. The molecule has 1 aromatic heterocycles. The molecule has 6 heteroatoms. The van der Waals surface area contributed by atoms with Gasteiger partial charge >= 0.3 is 0 Å². The predicted octanol–water partition coefficient (Wildman–Crippen LogP) is 2.43. The molecule has 0 amide bonds. The van der Waals surface area contributed by atoms with E-state index in [1.807, 2.05) is 0 Å². The van der Waals surface area contributed by atoms with E-state index in [-0.39, 0.29) is 6.10 Å². The van der Waals surface area contributed by atoms with Crippen LogP contribution in [0.5, 0.6) is 0 Å². The topological polar surface area (TPSA) is 38.2 Å². The molecule has 0 aliphatic carbocycles. The van der Waals surface area contributed by atoms with Crippen LogP contribution in [-0.2, 0) is 4.74 Å². The second kappa shape index (κ2) is 4.80. The molecule has 17 heavy (non-hydrogen) atoms. The SMILES string of the molecule is Clc1nc(C2CN3CCCC3CO2)ncc1Br. The number of halogens is 2. The molecule has 2 aliphatic rings. The first-order valence-corrected chi connectivity index (χ1v) is 6.95. The van der Waals surface area contributed by atoms with Crippen molar-refractivity contribution in [1.29, 1.82) is 0 Å². The minimum absolute atomic E-state index is 0.0463. The largest absolute Gasteiger partial charge is 0.367 e. The highest BCUT2D eigenvalue weighted by Gasteiger charge is 2.34. The highest BCUT2D eigenvalue weighted by Crippen LogP contribution is 2.29. The van der Waals surface area contributed by atoms with E-state index in [4.69, 9.17) is 16.3 Å². The predicted molar refractivity (Wildman–Crippen MR) is 68.0 cm³/mol. The molecule has 3 rings (SSSR count). The van der Waals surface area contributed by atoms with Crippen LogP contribution in [0.2, 0.25) is 5.15 Å². The summed E-state index contributed by atoms with van der Waals surface area (Å²) in [6, 6.07) is 0.595. The zero-order valence-corrected chi connectivity index (χ0v) is 11.6. The summed E-state index contributed by atoms with van der Waals surface area (Å²) < 4.78 is 6.55. The number of hydrogen-bond acceptors (Lipinski definition) is 4. The van der Waals surface area contributed by atoms with Crippen molar-refractivity contribution < 1.29 is 4.74 Å². The van der Waals surface area contributed by atoms with Crippen LogP contribution in [0.3, 0.4) is 0 Å². The fourth-order valence-electron chi connectivity index (χ4n) is 2.49. The minimum atomic E-state index is -0.0463. The van der Waals surface area contributed by atoms with Gasteiger partial charge in [-0.3, -0.25) is 4.90 Å². The zero-order valence-electron chi connectivity index (χ0n) is 9.27. The van der Waals surface area contributed by atoms with Gasteiger partial charge in [-0.1, -0.05) is 11.6 Å². The van der Waals surface area contributed by atoms with Gasteiger partial charge in [0.2, 0.25) is 0 Å². The van der Waals surface area contributed by atoms with Crippen LogP contribution in [0.4, 0.5) is 0 Å². The van der Waals surface area contributed by atoms with Gasteiger partial charge in [0.25, 0.3) is 0 Å². The van der Waals surface area contributed by atoms with Gasteiger partial charge in [-0.2, -0.15) is 0 Å². The molecule has 2 fully saturated rings. The van der Waals surface area contributed by atoms with Crippen molar-refractivity contribution in [3.63, 3.8) is 0 Å². The second-order valence-electron chi connectivity index (χ2n) is 4.48. The van der Waals surface area contributed by atoms with Crippen LogP contribution in [0.25, 0.3) is 0 Å². The Morgan fingerprint density at radius 3 is 3.24 bits per heavy atom. The molecule has 2 saturated heterocycles. The van der Waals surface area contributed by atoms with Crippen molar-refractivity contribution in [1.82, 2.24) is 14.9 Å². The number of fused-ring (bicyclic) bond motifs is 1. The van der Waals surface area contributed by atoms with Gasteiger partial charge in [0.1, 0.15) is 11.3 Å². The Labute approximate surface area is 113 Å². The summed E-state index contributed by atoms with van der Waals surface area (Å²) in [5.41, 5.74) is 0. The fraction of sp³-hybridized carbons (Fsp3) is 0.636. The summed E-state index contributed by atoms with van der Waals surface area (Å²) in [6.07, 6.45) is 4.15. The molecule has 2 atom stereocenters. The zero-order chi connectivity index (χ0) is 11.8. The number of rotatable bonds is 1. The first kappa shape index (κ1) is 11.8. The molecular formula is C11H13BrClN3O. The molecular weight excluding hydrogens is 305 g/mol.